The van der Waals surface area contributed by atoms with Gasteiger partial charge in [0.1, 0.15) is 18.1 Å². The molecule has 0 bridgehead atoms. The number of nitrogens with zero attached hydrogens (tertiary/aromatic N) is 5. The number of halogens is 2. The number of nitrogens with two attached hydrogens (primary N) is 1. The van der Waals surface area contributed by atoms with Crippen molar-refractivity contribution < 1.29 is 23.2 Å². The van der Waals surface area contributed by atoms with Crippen molar-refractivity contribution in [3.63, 3.8) is 0 Å². The van der Waals surface area contributed by atoms with Crippen molar-refractivity contribution in [2.24, 2.45) is 0 Å². The van der Waals surface area contributed by atoms with Gasteiger partial charge >= 0.3 is 5.69 Å². The molecule has 2 aromatic rings. The maximum absolute atomic E-state index is 13.3. The molecule has 4 heterocycles. The first-order valence-electron chi connectivity index (χ1n) is 15.8. The van der Waals surface area contributed by atoms with Gasteiger partial charge in [0, 0.05) is 94.0 Å². The maximum Gasteiger partial charge on any atom is 0.311 e. The predicted molar refractivity (Wildman–Crippen MR) is 170 cm³/mol. The largest absolute Gasteiger partial charge is 0.495 e. The van der Waals surface area contributed by atoms with Crippen LogP contribution in [0.1, 0.15) is 38.5 Å². The number of nitro groups is 1. The number of likely N-dealkylation sites (tertiary alicyclic amines) is 2. The molecular weight excluding hydrogens is 570 g/mol. The van der Waals surface area contributed by atoms with Gasteiger partial charge in [-0.1, -0.05) is 0 Å². The topological polar surface area (TPSA) is 101 Å². The lowest BCUT2D eigenvalue weighted by Gasteiger charge is -2.37. The summed E-state index contributed by atoms with van der Waals surface area (Å²) in [6.07, 6.45) is 4.24. The van der Waals surface area contributed by atoms with Gasteiger partial charge in [0.25, 0.3) is 0 Å². The third kappa shape index (κ3) is 7.63. The molecule has 44 heavy (non-hydrogen) atoms. The third-order valence-electron chi connectivity index (χ3n) is 9.59. The molecule has 0 amide bonds. The minimum Gasteiger partial charge on any atom is -0.495 e. The van der Waals surface area contributed by atoms with Gasteiger partial charge in [-0.15, -0.1) is 0 Å². The van der Waals surface area contributed by atoms with Crippen LogP contribution in [-0.4, -0.2) is 106 Å². The molecule has 4 aliphatic rings. The van der Waals surface area contributed by atoms with E-state index in [4.69, 9.17) is 15.2 Å². The minimum absolute atomic E-state index is 0.0165. The zero-order valence-corrected chi connectivity index (χ0v) is 25.9. The van der Waals surface area contributed by atoms with Crippen molar-refractivity contribution in [3.8, 4) is 11.5 Å². The number of alkyl halides is 2. The lowest BCUT2D eigenvalue weighted by molar-refractivity contribution is -0.385. The van der Waals surface area contributed by atoms with E-state index in [1.807, 2.05) is 18.2 Å². The highest BCUT2D eigenvalue weighted by Gasteiger charge is 2.32. The van der Waals surface area contributed by atoms with Gasteiger partial charge in [-0.25, -0.2) is 8.78 Å². The molecule has 0 aromatic heterocycles. The fourth-order valence-electron chi connectivity index (χ4n) is 7.04. The van der Waals surface area contributed by atoms with Gasteiger partial charge in [-0.2, -0.15) is 0 Å². The number of methoxy groups -OCH3 is 2. The van der Waals surface area contributed by atoms with Crippen molar-refractivity contribution >= 4 is 22.7 Å². The van der Waals surface area contributed by atoms with Gasteiger partial charge in [-0.05, 0) is 56.7 Å². The number of rotatable bonds is 7. The molecule has 4 saturated heterocycles. The summed E-state index contributed by atoms with van der Waals surface area (Å²) in [7, 11) is 3.08. The molecule has 0 radical (unpaired) electrons. The average Bonchev–Trinajstić information content (AvgIpc) is 3.69. The van der Waals surface area contributed by atoms with Crippen LogP contribution in [0.2, 0.25) is 0 Å². The van der Waals surface area contributed by atoms with Gasteiger partial charge in [0.15, 0.2) is 5.75 Å². The molecule has 2 atom stereocenters. The Morgan fingerprint density at radius 1 is 0.727 bits per heavy atom. The van der Waals surface area contributed by atoms with Gasteiger partial charge in [0.2, 0.25) is 0 Å². The molecule has 12 heteroatoms. The van der Waals surface area contributed by atoms with E-state index < -0.39 is 17.3 Å². The van der Waals surface area contributed by atoms with Gasteiger partial charge in [0.05, 0.1) is 24.8 Å². The summed E-state index contributed by atoms with van der Waals surface area (Å²) in [5.41, 5.74) is 8.61. The monoisotopic (exact) mass is 616 g/mol. The second-order valence-electron chi connectivity index (χ2n) is 12.2. The lowest BCUT2D eigenvalue weighted by atomic mass is 10.0. The number of hydrogen-bond acceptors (Lipinski definition) is 9. The van der Waals surface area contributed by atoms with E-state index in [9.17, 15) is 18.9 Å². The van der Waals surface area contributed by atoms with Crippen LogP contribution in [0.4, 0.5) is 31.5 Å². The molecule has 4 fully saturated rings. The quantitative estimate of drug-likeness (QED) is 0.264. The van der Waals surface area contributed by atoms with E-state index in [1.54, 1.807) is 19.2 Å². The van der Waals surface area contributed by atoms with Crippen LogP contribution < -0.4 is 25.0 Å². The number of nitrogen functional groups attached to an aromatic ring is 1. The summed E-state index contributed by atoms with van der Waals surface area (Å²) in [5.74, 6) is 1.02. The lowest BCUT2D eigenvalue weighted by Crippen LogP contribution is -2.44. The first-order chi connectivity index (χ1) is 21.2. The Bertz CT molecular complexity index is 1260. The Labute approximate surface area is 258 Å². The van der Waals surface area contributed by atoms with Crippen molar-refractivity contribution in [1.82, 2.24) is 9.80 Å². The maximum atomic E-state index is 13.3. The number of hydrogen-bond donors (Lipinski definition) is 1. The van der Waals surface area contributed by atoms with Crippen LogP contribution in [0.15, 0.2) is 36.4 Å². The van der Waals surface area contributed by atoms with Gasteiger partial charge in [-0.3, -0.25) is 19.9 Å². The van der Waals surface area contributed by atoms with Crippen LogP contribution in [0.25, 0.3) is 0 Å². The Morgan fingerprint density at radius 2 is 1.18 bits per heavy atom. The Balaban J connectivity index is 0.000000175. The standard InChI is InChI=1S/C16H22FN3O3.C16H24FN3O/c1-23-16-10-14(2-3-15(16)20(21)22)18-8-5-13(6-9-18)19-7-4-12(17)11-19;1-21-16-10-14(2-3-15(16)18)19-8-5-13(6-9-19)20-7-4-12(17)11-20/h2-3,10,12-13H,4-9,11H2,1H3;2-3,10,12-13H,4-9,11,18H2,1H3/t2*12-/m11/s1. The molecule has 6 rings (SSSR count). The number of piperidine rings is 2. The average molecular weight is 617 g/mol. The van der Waals surface area contributed by atoms with Crippen molar-refractivity contribution in [2.75, 3.05) is 82.1 Å². The van der Waals surface area contributed by atoms with Crippen molar-refractivity contribution in [1.29, 1.82) is 0 Å². The zero-order chi connectivity index (χ0) is 31.2. The highest BCUT2D eigenvalue weighted by atomic mass is 19.1. The van der Waals surface area contributed by atoms with E-state index in [1.165, 1.54) is 13.2 Å². The molecule has 2 aromatic carbocycles. The second kappa shape index (κ2) is 14.6. The van der Waals surface area contributed by atoms with Crippen LogP contribution in [0, 0.1) is 10.1 Å². The molecule has 2 N–H and O–H groups in total. The molecular formula is C32H46F2N6O4. The Morgan fingerprint density at radius 3 is 1.59 bits per heavy atom. The van der Waals surface area contributed by atoms with Gasteiger partial charge < -0.3 is 25.0 Å². The normalized spacial score (nSPS) is 23.8. The summed E-state index contributed by atoms with van der Waals surface area (Å²) >= 11 is 0. The number of anilines is 3. The summed E-state index contributed by atoms with van der Waals surface area (Å²) in [4.78, 5) is 19.7. The number of benzene rings is 2. The van der Waals surface area contributed by atoms with E-state index in [2.05, 4.69) is 19.6 Å². The van der Waals surface area contributed by atoms with Crippen molar-refractivity contribution in [2.45, 2.75) is 63.0 Å². The Kier molecular flexibility index (Phi) is 10.6. The summed E-state index contributed by atoms with van der Waals surface area (Å²) in [6.45, 7) is 6.73. The number of ether oxygens (including phenoxy) is 2. The third-order valence-corrected chi connectivity index (χ3v) is 9.59. The first kappa shape index (κ1) is 32.0. The van der Waals surface area contributed by atoms with Crippen LogP contribution in [0.5, 0.6) is 11.5 Å². The Hall–Kier alpha value is -3.38. The van der Waals surface area contributed by atoms with Crippen LogP contribution in [0.3, 0.4) is 0 Å². The summed E-state index contributed by atoms with van der Waals surface area (Å²) in [6, 6.07) is 11.9. The van der Waals surface area contributed by atoms with Crippen LogP contribution >= 0.6 is 0 Å². The minimum atomic E-state index is -0.674. The molecule has 0 saturated carbocycles. The molecule has 4 aliphatic heterocycles. The highest BCUT2D eigenvalue weighted by molar-refractivity contribution is 5.62. The van der Waals surface area contributed by atoms with Crippen LogP contribution in [-0.2, 0) is 0 Å². The van der Waals surface area contributed by atoms with E-state index >= 15 is 0 Å². The van der Waals surface area contributed by atoms with E-state index in [0.29, 0.717) is 43.7 Å². The molecule has 0 aliphatic carbocycles. The molecule has 242 valence electrons. The van der Waals surface area contributed by atoms with Crippen molar-refractivity contribution in [3.05, 3.63) is 46.5 Å². The first-order valence-corrected chi connectivity index (χ1v) is 15.8. The SMILES string of the molecule is COc1cc(N2CCC(N3CC[C@@H](F)C3)CC2)ccc1N.COc1cc(N2CCC(N3CC[C@@H](F)C3)CC2)ccc1[N+](=O)[O-]. The zero-order valence-electron chi connectivity index (χ0n) is 25.9. The number of nitro benzene ring substituents is 1. The summed E-state index contributed by atoms with van der Waals surface area (Å²) in [5, 5.41) is 11.0. The summed E-state index contributed by atoms with van der Waals surface area (Å²) < 4.78 is 37.1. The highest BCUT2D eigenvalue weighted by Crippen LogP contribution is 2.34. The molecule has 0 unspecified atom stereocenters. The molecule has 10 nitrogen and oxygen atoms in total. The fourth-order valence-corrected chi connectivity index (χ4v) is 7.04. The smallest absolute Gasteiger partial charge is 0.311 e. The van der Waals surface area contributed by atoms with E-state index in [-0.39, 0.29) is 11.4 Å². The van der Waals surface area contributed by atoms with E-state index in [0.717, 1.165) is 82.1 Å². The predicted octanol–water partition coefficient (Wildman–Crippen LogP) is 4.91. The molecule has 0 spiro atoms. The second-order valence-corrected chi connectivity index (χ2v) is 12.2. The fraction of sp³-hybridized carbons (Fsp3) is 0.625.